The summed E-state index contributed by atoms with van der Waals surface area (Å²) in [4.78, 5) is 45.2. The van der Waals surface area contributed by atoms with Gasteiger partial charge in [0.1, 0.15) is 11.8 Å². The summed E-state index contributed by atoms with van der Waals surface area (Å²) in [7, 11) is 1.53. The highest BCUT2D eigenvalue weighted by atomic mass is 16.5. The number of carbonyl (C=O) groups excluding carboxylic acids is 3. The van der Waals surface area contributed by atoms with Crippen molar-refractivity contribution in [2.45, 2.75) is 37.8 Å². The average Bonchev–Trinajstić information content (AvgIpc) is 3.61. The predicted molar refractivity (Wildman–Crippen MR) is 129 cm³/mol. The van der Waals surface area contributed by atoms with Crippen molar-refractivity contribution >= 4 is 23.4 Å². The average molecular weight is 477 g/mol. The minimum atomic E-state index is -0.996. The number of hydrogen-bond acceptors (Lipinski definition) is 6. The second kappa shape index (κ2) is 11.3. The third-order valence-corrected chi connectivity index (χ3v) is 5.95. The van der Waals surface area contributed by atoms with Gasteiger partial charge < -0.3 is 19.8 Å². The van der Waals surface area contributed by atoms with Gasteiger partial charge >= 0.3 is 0 Å². The van der Waals surface area contributed by atoms with E-state index in [2.05, 4.69) is 15.6 Å². The maximum atomic E-state index is 13.6. The van der Waals surface area contributed by atoms with Gasteiger partial charge in [-0.05, 0) is 43.2 Å². The molecular formula is C26H28N4O5. The van der Waals surface area contributed by atoms with E-state index in [-0.39, 0.29) is 24.3 Å². The van der Waals surface area contributed by atoms with Crippen molar-refractivity contribution in [3.63, 3.8) is 0 Å². The fraction of sp³-hybridized carbons (Fsp3) is 0.308. The van der Waals surface area contributed by atoms with E-state index in [9.17, 15) is 14.4 Å². The first-order chi connectivity index (χ1) is 17.1. The molecule has 3 aromatic rings. The lowest BCUT2D eigenvalue weighted by Crippen LogP contribution is -2.49. The van der Waals surface area contributed by atoms with E-state index in [0.717, 1.165) is 25.7 Å². The topological polar surface area (TPSA) is 114 Å². The summed E-state index contributed by atoms with van der Waals surface area (Å²) in [6.07, 6.45) is 8.47. The molecule has 0 unspecified atom stereocenters. The van der Waals surface area contributed by atoms with E-state index in [4.69, 9.17) is 9.15 Å². The number of hydrogen-bond donors (Lipinski definition) is 2. The Hall–Kier alpha value is -4.14. The van der Waals surface area contributed by atoms with Gasteiger partial charge in [0.25, 0.3) is 5.91 Å². The lowest BCUT2D eigenvalue weighted by atomic mass is 10.0. The molecule has 2 N–H and O–H groups in total. The van der Waals surface area contributed by atoms with Crippen molar-refractivity contribution in [2.75, 3.05) is 18.6 Å². The molecule has 0 aliphatic heterocycles. The number of nitrogens with one attached hydrogen (secondary N) is 2. The Balaban J connectivity index is 1.68. The van der Waals surface area contributed by atoms with Crippen LogP contribution in [0, 0.1) is 0 Å². The molecule has 0 spiro atoms. The van der Waals surface area contributed by atoms with Crippen LogP contribution in [0.5, 0.6) is 5.75 Å². The molecule has 2 heterocycles. The van der Waals surface area contributed by atoms with Gasteiger partial charge in [-0.2, -0.15) is 0 Å². The van der Waals surface area contributed by atoms with E-state index < -0.39 is 17.9 Å². The highest BCUT2D eigenvalue weighted by Crippen LogP contribution is 2.31. The van der Waals surface area contributed by atoms with E-state index in [0.29, 0.717) is 17.0 Å². The molecule has 1 atom stereocenters. The van der Waals surface area contributed by atoms with Crippen LogP contribution in [0.3, 0.4) is 0 Å². The van der Waals surface area contributed by atoms with Crippen LogP contribution < -0.4 is 20.3 Å². The van der Waals surface area contributed by atoms with E-state index in [1.165, 1.54) is 24.3 Å². The number of amides is 3. The number of carbonyl (C=O) groups is 3. The summed E-state index contributed by atoms with van der Waals surface area (Å²) in [6, 6.07) is 12.5. The maximum absolute atomic E-state index is 13.6. The molecular weight excluding hydrogens is 448 g/mol. The predicted octanol–water partition coefficient (Wildman–Crippen LogP) is 3.25. The summed E-state index contributed by atoms with van der Waals surface area (Å²) in [6.45, 7) is -0.343. The minimum absolute atomic E-state index is 0.0580. The number of nitrogens with zero attached hydrogens (tertiary/aromatic N) is 2. The largest absolute Gasteiger partial charge is 0.497 e. The third-order valence-electron chi connectivity index (χ3n) is 5.95. The van der Waals surface area contributed by atoms with Crippen LogP contribution in [0.15, 0.2) is 71.6 Å². The van der Waals surface area contributed by atoms with Crippen LogP contribution in [0.1, 0.15) is 47.8 Å². The normalized spacial score (nSPS) is 14.2. The number of methoxy groups -OCH3 is 1. The first-order valence-electron chi connectivity index (χ1n) is 11.5. The first-order valence-corrected chi connectivity index (χ1v) is 11.5. The minimum Gasteiger partial charge on any atom is -0.497 e. The molecule has 35 heavy (non-hydrogen) atoms. The van der Waals surface area contributed by atoms with Gasteiger partial charge in [0.15, 0.2) is 5.76 Å². The zero-order chi connectivity index (χ0) is 24.6. The van der Waals surface area contributed by atoms with Crippen molar-refractivity contribution in [3.05, 3.63) is 78.5 Å². The SMILES string of the molecule is COc1cccc(N(C(=O)CNC(=O)c2ccco2)[C@H](C(=O)NC2CCCC2)c2cccnc2)c1. The van der Waals surface area contributed by atoms with Crippen LogP contribution in [0.2, 0.25) is 0 Å². The monoisotopic (exact) mass is 476 g/mol. The first kappa shape index (κ1) is 24.0. The highest BCUT2D eigenvalue weighted by molar-refractivity contribution is 6.04. The lowest BCUT2D eigenvalue weighted by Gasteiger charge is -2.32. The number of rotatable bonds is 9. The quantitative estimate of drug-likeness (QED) is 0.490. The molecule has 182 valence electrons. The Morgan fingerprint density at radius 3 is 2.66 bits per heavy atom. The number of furan rings is 1. The molecule has 1 aromatic carbocycles. The molecule has 1 saturated carbocycles. The van der Waals surface area contributed by atoms with Crippen LogP contribution in [-0.4, -0.2) is 42.4 Å². The fourth-order valence-electron chi connectivity index (χ4n) is 4.24. The number of anilines is 1. The van der Waals surface area contributed by atoms with Gasteiger partial charge in [-0.3, -0.25) is 24.3 Å². The number of ether oxygens (including phenoxy) is 1. The van der Waals surface area contributed by atoms with Crippen molar-refractivity contribution in [1.29, 1.82) is 0 Å². The molecule has 4 rings (SSSR count). The zero-order valence-corrected chi connectivity index (χ0v) is 19.5. The molecule has 1 aliphatic carbocycles. The summed E-state index contributed by atoms with van der Waals surface area (Å²) in [5.41, 5.74) is 1.01. The van der Waals surface area contributed by atoms with E-state index >= 15 is 0 Å². The molecule has 1 fully saturated rings. The Labute approximate surface area is 203 Å². The molecule has 9 heteroatoms. The van der Waals surface area contributed by atoms with E-state index in [1.807, 2.05) is 0 Å². The second-order valence-corrected chi connectivity index (χ2v) is 8.30. The van der Waals surface area contributed by atoms with Crippen molar-refractivity contribution in [2.24, 2.45) is 0 Å². The molecule has 1 aliphatic rings. The van der Waals surface area contributed by atoms with Gasteiger partial charge in [-0.1, -0.05) is 25.0 Å². The van der Waals surface area contributed by atoms with Crippen molar-refractivity contribution in [3.8, 4) is 5.75 Å². The van der Waals surface area contributed by atoms with Gasteiger partial charge in [0.2, 0.25) is 11.8 Å². The summed E-state index contributed by atoms with van der Waals surface area (Å²) in [5, 5.41) is 5.68. The number of benzene rings is 1. The van der Waals surface area contributed by atoms with E-state index in [1.54, 1.807) is 54.9 Å². The van der Waals surface area contributed by atoms with Crippen LogP contribution >= 0.6 is 0 Å². The van der Waals surface area contributed by atoms with Crippen molar-refractivity contribution in [1.82, 2.24) is 15.6 Å². The molecule has 0 radical (unpaired) electrons. The molecule has 3 amide bonds. The Morgan fingerprint density at radius 2 is 1.97 bits per heavy atom. The standard InChI is InChI=1S/C26H28N4O5/c1-34-21-11-4-10-20(15-21)30(23(31)17-28-25(32)22-12-6-14-35-22)24(18-7-5-13-27-16-18)26(33)29-19-8-2-3-9-19/h4-7,10-16,19,24H,2-3,8-9,17H2,1H3,(H,28,32)(H,29,33)/t24-/m0/s1. The highest BCUT2D eigenvalue weighted by Gasteiger charge is 2.34. The van der Waals surface area contributed by atoms with Crippen LogP contribution in [-0.2, 0) is 9.59 Å². The van der Waals surface area contributed by atoms with Crippen LogP contribution in [0.4, 0.5) is 5.69 Å². The second-order valence-electron chi connectivity index (χ2n) is 8.30. The molecule has 0 saturated heterocycles. The number of pyridine rings is 1. The summed E-state index contributed by atoms with van der Waals surface area (Å²) >= 11 is 0. The Morgan fingerprint density at radius 1 is 1.14 bits per heavy atom. The lowest BCUT2D eigenvalue weighted by molar-refractivity contribution is -0.126. The maximum Gasteiger partial charge on any atom is 0.287 e. The van der Waals surface area contributed by atoms with Gasteiger partial charge in [-0.15, -0.1) is 0 Å². The third kappa shape index (κ3) is 5.87. The van der Waals surface area contributed by atoms with Gasteiger partial charge in [-0.25, -0.2) is 0 Å². The fourth-order valence-corrected chi connectivity index (χ4v) is 4.24. The smallest absolute Gasteiger partial charge is 0.287 e. The molecule has 2 aromatic heterocycles. The van der Waals surface area contributed by atoms with Crippen molar-refractivity contribution < 1.29 is 23.5 Å². The summed E-state index contributed by atoms with van der Waals surface area (Å²) in [5.74, 6) is -0.691. The summed E-state index contributed by atoms with van der Waals surface area (Å²) < 4.78 is 10.5. The molecule has 9 nitrogen and oxygen atoms in total. The number of aromatic nitrogens is 1. The zero-order valence-electron chi connectivity index (χ0n) is 19.5. The molecule has 0 bridgehead atoms. The van der Waals surface area contributed by atoms with Gasteiger partial charge in [0.05, 0.1) is 19.9 Å². The Kier molecular flexibility index (Phi) is 7.77. The van der Waals surface area contributed by atoms with Crippen LogP contribution in [0.25, 0.3) is 0 Å². The van der Waals surface area contributed by atoms with Gasteiger partial charge in [0, 0.05) is 35.8 Å². The Bertz CT molecular complexity index is 1140.